The van der Waals surface area contributed by atoms with E-state index >= 15 is 0 Å². The molecule has 0 atom stereocenters. The lowest BCUT2D eigenvalue weighted by atomic mass is 10.3. The first-order valence-electron chi connectivity index (χ1n) is 6.83. The molecule has 0 fully saturated rings. The van der Waals surface area contributed by atoms with Crippen LogP contribution in [0.2, 0.25) is 0 Å². The van der Waals surface area contributed by atoms with E-state index in [1.54, 1.807) is 18.2 Å². The minimum Gasteiger partial charge on any atom is -0.494 e. The summed E-state index contributed by atoms with van der Waals surface area (Å²) in [6.45, 7) is 4.37. The van der Waals surface area contributed by atoms with Gasteiger partial charge in [0.2, 0.25) is 5.91 Å². The zero-order valence-corrected chi connectivity index (χ0v) is 13.3. The van der Waals surface area contributed by atoms with Crippen LogP contribution in [0.4, 0.5) is 11.5 Å². The normalized spacial score (nSPS) is 10.3. The molecular weight excluding hydrogens is 300 g/mol. The molecule has 0 aliphatic heterocycles. The largest absolute Gasteiger partial charge is 0.494 e. The van der Waals surface area contributed by atoms with Gasteiger partial charge in [-0.2, -0.15) is 0 Å². The highest BCUT2D eigenvalue weighted by atomic mass is 32.2. The summed E-state index contributed by atoms with van der Waals surface area (Å²) in [6, 6.07) is 8.92. The van der Waals surface area contributed by atoms with E-state index in [4.69, 9.17) is 10.5 Å². The minimum atomic E-state index is -0.127. The van der Waals surface area contributed by atoms with Crippen molar-refractivity contribution >= 4 is 29.2 Å². The molecule has 0 unspecified atom stereocenters. The number of carbonyl (C=O) groups is 1. The summed E-state index contributed by atoms with van der Waals surface area (Å²) in [5.74, 6) is 1.27. The molecule has 2 rings (SSSR count). The molecule has 7 heteroatoms. The second kappa shape index (κ2) is 7.65. The molecule has 1 aromatic carbocycles. The van der Waals surface area contributed by atoms with Gasteiger partial charge >= 0.3 is 0 Å². The van der Waals surface area contributed by atoms with Crippen molar-refractivity contribution in [2.45, 2.75) is 19.0 Å². The Morgan fingerprint density at radius 2 is 2.05 bits per heavy atom. The first kappa shape index (κ1) is 16.1. The number of aromatic nitrogens is 2. The maximum Gasteiger partial charge on any atom is 0.234 e. The van der Waals surface area contributed by atoms with Crippen LogP contribution >= 0.6 is 11.8 Å². The summed E-state index contributed by atoms with van der Waals surface area (Å²) in [7, 11) is 0. The van der Waals surface area contributed by atoms with Crippen LogP contribution in [0.3, 0.4) is 0 Å². The number of nitrogens with zero attached hydrogens (tertiary/aromatic N) is 2. The molecule has 1 heterocycles. The zero-order chi connectivity index (χ0) is 15.9. The number of benzene rings is 1. The fourth-order valence-electron chi connectivity index (χ4n) is 1.76. The molecule has 0 aliphatic rings. The topological polar surface area (TPSA) is 90.1 Å². The highest BCUT2D eigenvalue weighted by Gasteiger charge is 2.07. The molecule has 0 radical (unpaired) electrons. The second-order valence-electron chi connectivity index (χ2n) is 4.51. The number of carbonyl (C=O) groups excluding carboxylic acids is 1. The number of anilines is 2. The number of nitrogen functional groups attached to an aromatic ring is 1. The Morgan fingerprint density at radius 1 is 1.32 bits per heavy atom. The van der Waals surface area contributed by atoms with Crippen LogP contribution in [-0.2, 0) is 4.79 Å². The molecule has 2 aromatic rings. The van der Waals surface area contributed by atoms with E-state index < -0.39 is 0 Å². The molecule has 0 spiro atoms. The average molecular weight is 318 g/mol. The fourth-order valence-corrected chi connectivity index (χ4v) is 2.47. The third kappa shape index (κ3) is 4.92. The monoisotopic (exact) mass is 318 g/mol. The van der Waals surface area contributed by atoms with Gasteiger partial charge in [-0.25, -0.2) is 9.97 Å². The summed E-state index contributed by atoms with van der Waals surface area (Å²) in [5, 5.41) is 3.31. The minimum absolute atomic E-state index is 0.127. The standard InChI is InChI=1S/C15H18N4O2S/c1-3-21-12-6-4-11(5-7-12)18-14(20)9-22-15-17-10(2)8-13(16)19-15/h4-8H,3,9H2,1-2H3,(H,18,20)(H2,16,17,19). The Bertz CT molecular complexity index is 626. The maximum absolute atomic E-state index is 11.9. The summed E-state index contributed by atoms with van der Waals surface area (Å²) < 4.78 is 5.35. The van der Waals surface area contributed by atoms with Gasteiger partial charge in [0.05, 0.1) is 12.4 Å². The fraction of sp³-hybridized carbons (Fsp3) is 0.267. The Kier molecular flexibility index (Phi) is 5.60. The van der Waals surface area contributed by atoms with Crippen LogP contribution < -0.4 is 15.8 Å². The molecule has 0 saturated heterocycles. The van der Waals surface area contributed by atoms with E-state index in [2.05, 4.69) is 15.3 Å². The summed E-state index contributed by atoms with van der Waals surface area (Å²) in [4.78, 5) is 20.2. The van der Waals surface area contributed by atoms with Crippen LogP contribution in [0.15, 0.2) is 35.5 Å². The van der Waals surface area contributed by atoms with Gasteiger partial charge in [-0.05, 0) is 38.1 Å². The average Bonchev–Trinajstić information content (AvgIpc) is 2.47. The number of rotatable bonds is 6. The molecule has 3 N–H and O–H groups in total. The van der Waals surface area contributed by atoms with Crippen molar-refractivity contribution in [2.24, 2.45) is 0 Å². The van der Waals surface area contributed by atoms with Gasteiger partial charge in [0.1, 0.15) is 11.6 Å². The Labute approximate surface area is 133 Å². The van der Waals surface area contributed by atoms with E-state index in [0.717, 1.165) is 17.1 Å². The van der Waals surface area contributed by atoms with Crippen molar-refractivity contribution in [3.8, 4) is 5.75 Å². The van der Waals surface area contributed by atoms with Crippen molar-refractivity contribution in [3.05, 3.63) is 36.0 Å². The Balaban J connectivity index is 1.87. The lowest BCUT2D eigenvalue weighted by molar-refractivity contribution is -0.113. The predicted octanol–water partition coefficient (Wildman–Crippen LogP) is 2.50. The van der Waals surface area contributed by atoms with Crippen LogP contribution in [0.1, 0.15) is 12.6 Å². The van der Waals surface area contributed by atoms with E-state index in [-0.39, 0.29) is 11.7 Å². The number of amides is 1. The lowest BCUT2D eigenvalue weighted by Gasteiger charge is -2.07. The summed E-state index contributed by atoms with van der Waals surface area (Å²) in [6.07, 6.45) is 0. The predicted molar refractivity (Wildman–Crippen MR) is 88.1 cm³/mol. The van der Waals surface area contributed by atoms with Gasteiger partial charge in [0, 0.05) is 17.4 Å². The molecule has 0 saturated carbocycles. The van der Waals surface area contributed by atoms with E-state index in [0.29, 0.717) is 17.6 Å². The van der Waals surface area contributed by atoms with Crippen LogP contribution in [-0.4, -0.2) is 28.2 Å². The van der Waals surface area contributed by atoms with Gasteiger partial charge in [-0.15, -0.1) is 0 Å². The van der Waals surface area contributed by atoms with E-state index in [1.807, 2.05) is 26.0 Å². The van der Waals surface area contributed by atoms with Gasteiger partial charge in [0.25, 0.3) is 0 Å². The van der Waals surface area contributed by atoms with Gasteiger partial charge in [-0.3, -0.25) is 4.79 Å². The van der Waals surface area contributed by atoms with Crippen molar-refractivity contribution < 1.29 is 9.53 Å². The highest BCUT2D eigenvalue weighted by Crippen LogP contribution is 2.18. The molecule has 1 aromatic heterocycles. The molecule has 0 aliphatic carbocycles. The summed E-state index contributed by atoms with van der Waals surface area (Å²) >= 11 is 1.25. The second-order valence-corrected chi connectivity index (χ2v) is 5.45. The SMILES string of the molecule is CCOc1ccc(NC(=O)CSc2nc(C)cc(N)n2)cc1. The maximum atomic E-state index is 11.9. The first-order valence-corrected chi connectivity index (χ1v) is 7.82. The number of thioether (sulfide) groups is 1. The molecular formula is C15H18N4O2S. The summed E-state index contributed by atoms with van der Waals surface area (Å²) in [5.41, 5.74) is 7.15. The Morgan fingerprint density at radius 3 is 2.68 bits per heavy atom. The van der Waals surface area contributed by atoms with Gasteiger partial charge < -0.3 is 15.8 Å². The van der Waals surface area contributed by atoms with E-state index in [1.165, 1.54) is 11.8 Å². The number of aryl methyl sites for hydroxylation is 1. The van der Waals surface area contributed by atoms with Crippen molar-refractivity contribution in [2.75, 3.05) is 23.4 Å². The molecule has 0 bridgehead atoms. The number of ether oxygens (including phenoxy) is 1. The highest BCUT2D eigenvalue weighted by molar-refractivity contribution is 7.99. The third-order valence-corrected chi connectivity index (χ3v) is 3.48. The van der Waals surface area contributed by atoms with Crippen LogP contribution in [0.5, 0.6) is 5.75 Å². The molecule has 116 valence electrons. The van der Waals surface area contributed by atoms with Gasteiger partial charge in [0.15, 0.2) is 5.16 Å². The first-order chi connectivity index (χ1) is 10.6. The Hall–Kier alpha value is -2.28. The molecule has 6 nitrogen and oxygen atoms in total. The van der Waals surface area contributed by atoms with E-state index in [9.17, 15) is 4.79 Å². The van der Waals surface area contributed by atoms with Crippen molar-refractivity contribution in [3.63, 3.8) is 0 Å². The number of hydrogen-bond donors (Lipinski definition) is 2. The van der Waals surface area contributed by atoms with Crippen molar-refractivity contribution in [1.82, 2.24) is 9.97 Å². The quantitative estimate of drug-likeness (QED) is 0.628. The van der Waals surface area contributed by atoms with Crippen LogP contribution in [0.25, 0.3) is 0 Å². The lowest BCUT2D eigenvalue weighted by Crippen LogP contribution is -2.14. The zero-order valence-electron chi connectivity index (χ0n) is 12.5. The van der Waals surface area contributed by atoms with Crippen LogP contribution in [0, 0.1) is 6.92 Å². The van der Waals surface area contributed by atoms with Gasteiger partial charge in [-0.1, -0.05) is 11.8 Å². The number of nitrogens with one attached hydrogen (secondary N) is 1. The molecule has 22 heavy (non-hydrogen) atoms. The number of nitrogens with two attached hydrogens (primary N) is 1. The number of hydrogen-bond acceptors (Lipinski definition) is 6. The molecule has 1 amide bonds. The third-order valence-electron chi connectivity index (χ3n) is 2.63. The smallest absolute Gasteiger partial charge is 0.234 e. The van der Waals surface area contributed by atoms with Crippen molar-refractivity contribution in [1.29, 1.82) is 0 Å².